The number of hydrogen-bond acceptors (Lipinski definition) is 3. The van der Waals surface area contributed by atoms with E-state index in [0.29, 0.717) is 12.1 Å². The van der Waals surface area contributed by atoms with E-state index < -0.39 is 0 Å². The van der Waals surface area contributed by atoms with Gasteiger partial charge in [-0.2, -0.15) is 0 Å². The number of nitrogens with one attached hydrogen (secondary N) is 1. The molecule has 2 atom stereocenters. The summed E-state index contributed by atoms with van der Waals surface area (Å²) < 4.78 is 11.2. The third-order valence-corrected chi connectivity index (χ3v) is 3.36. The summed E-state index contributed by atoms with van der Waals surface area (Å²) in [4.78, 5) is 0. The normalized spacial score (nSPS) is 33.6. The average molecular weight is 213 g/mol. The highest BCUT2D eigenvalue weighted by molar-refractivity contribution is 4.73. The van der Waals surface area contributed by atoms with E-state index in [-0.39, 0.29) is 0 Å². The highest BCUT2D eigenvalue weighted by Gasteiger charge is 2.17. The SMILES string of the molecule is C1CCC(CNC2CCCOCC2)OC1. The Hall–Kier alpha value is -0.120. The van der Waals surface area contributed by atoms with Crippen LogP contribution in [0.1, 0.15) is 38.5 Å². The van der Waals surface area contributed by atoms with Crippen molar-refractivity contribution in [3.8, 4) is 0 Å². The number of rotatable bonds is 3. The molecule has 2 heterocycles. The second-order valence-corrected chi connectivity index (χ2v) is 4.64. The summed E-state index contributed by atoms with van der Waals surface area (Å²) in [5.74, 6) is 0. The van der Waals surface area contributed by atoms with Crippen LogP contribution < -0.4 is 5.32 Å². The van der Waals surface area contributed by atoms with Gasteiger partial charge in [0.2, 0.25) is 0 Å². The average Bonchev–Trinajstić information content (AvgIpc) is 2.56. The first-order valence-electron chi connectivity index (χ1n) is 6.38. The van der Waals surface area contributed by atoms with E-state index in [9.17, 15) is 0 Å². The lowest BCUT2D eigenvalue weighted by Gasteiger charge is -2.25. The molecule has 3 nitrogen and oxygen atoms in total. The van der Waals surface area contributed by atoms with Crippen LogP contribution >= 0.6 is 0 Å². The van der Waals surface area contributed by atoms with Crippen molar-refractivity contribution >= 4 is 0 Å². The van der Waals surface area contributed by atoms with Crippen LogP contribution in [0.4, 0.5) is 0 Å². The molecule has 2 unspecified atom stereocenters. The van der Waals surface area contributed by atoms with Gasteiger partial charge in [-0.15, -0.1) is 0 Å². The zero-order valence-electron chi connectivity index (χ0n) is 9.54. The van der Waals surface area contributed by atoms with Crippen molar-refractivity contribution in [2.24, 2.45) is 0 Å². The van der Waals surface area contributed by atoms with Crippen molar-refractivity contribution in [3.05, 3.63) is 0 Å². The third kappa shape index (κ3) is 4.09. The molecule has 88 valence electrons. The van der Waals surface area contributed by atoms with Crippen LogP contribution in [0.2, 0.25) is 0 Å². The molecule has 1 N–H and O–H groups in total. The second kappa shape index (κ2) is 6.46. The van der Waals surface area contributed by atoms with Crippen molar-refractivity contribution in [2.45, 2.75) is 50.7 Å². The first-order valence-corrected chi connectivity index (χ1v) is 6.38. The summed E-state index contributed by atoms with van der Waals surface area (Å²) in [6.07, 6.45) is 7.88. The summed E-state index contributed by atoms with van der Waals surface area (Å²) in [6.45, 7) is 3.85. The fourth-order valence-electron chi connectivity index (χ4n) is 2.37. The lowest BCUT2D eigenvalue weighted by molar-refractivity contribution is 0.0150. The second-order valence-electron chi connectivity index (χ2n) is 4.64. The van der Waals surface area contributed by atoms with E-state index in [1.807, 2.05) is 0 Å². The molecule has 2 fully saturated rings. The molecule has 0 aliphatic carbocycles. The van der Waals surface area contributed by atoms with Crippen LogP contribution in [0.15, 0.2) is 0 Å². The summed E-state index contributed by atoms with van der Waals surface area (Å²) in [7, 11) is 0. The Bertz CT molecular complexity index is 161. The molecule has 0 amide bonds. The molecule has 2 aliphatic heterocycles. The van der Waals surface area contributed by atoms with Gasteiger partial charge in [-0.05, 0) is 38.5 Å². The van der Waals surface area contributed by atoms with E-state index in [1.165, 1.54) is 32.1 Å². The molecule has 0 aromatic heterocycles. The van der Waals surface area contributed by atoms with Gasteiger partial charge in [0.25, 0.3) is 0 Å². The largest absolute Gasteiger partial charge is 0.381 e. The molecule has 0 aromatic rings. The quantitative estimate of drug-likeness (QED) is 0.774. The Balaban J connectivity index is 1.62. The van der Waals surface area contributed by atoms with Crippen molar-refractivity contribution in [1.29, 1.82) is 0 Å². The Morgan fingerprint density at radius 3 is 2.80 bits per heavy atom. The maximum atomic E-state index is 5.71. The van der Waals surface area contributed by atoms with Crippen molar-refractivity contribution in [1.82, 2.24) is 5.32 Å². The predicted octanol–water partition coefficient (Wildman–Crippen LogP) is 1.71. The van der Waals surface area contributed by atoms with Crippen LogP contribution in [-0.4, -0.2) is 38.5 Å². The van der Waals surface area contributed by atoms with E-state index in [2.05, 4.69) is 5.32 Å². The summed E-state index contributed by atoms with van der Waals surface area (Å²) in [6, 6.07) is 0.651. The third-order valence-electron chi connectivity index (χ3n) is 3.36. The van der Waals surface area contributed by atoms with Gasteiger partial charge in [0.1, 0.15) is 0 Å². The lowest BCUT2D eigenvalue weighted by atomic mass is 10.1. The molecule has 0 bridgehead atoms. The minimum atomic E-state index is 0.461. The van der Waals surface area contributed by atoms with Gasteiger partial charge in [0.05, 0.1) is 6.10 Å². The van der Waals surface area contributed by atoms with Gasteiger partial charge in [-0.3, -0.25) is 0 Å². The lowest BCUT2D eigenvalue weighted by Crippen LogP contribution is -2.38. The van der Waals surface area contributed by atoms with Crippen LogP contribution in [0.5, 0.6) is 0 Å². The fourth-order valence-corrected chi connectivity index (χ4v) is 2.37. The highest BCUT2D eigenvalue weighted by atomic mass is 16.5. The molecule has 0 radical (unpaired) electrons. The minimum absolute atomic E-state index is 0.461. The molecular weight excluding hydrogens is 190 g/mol. The summed E-state index contributed by atoms with van der Waals surface area (Å²) >= 11 is 0. The maximum Gasteiger partial charge on any atom is 0.0699 e. The molecule has 3 heteroatoms. The fraction of sp³-hybridized carbons (Fsp3) is 1.00. The standard InChI is InChI=1S/C12H23NO2/c1-2-8-15-12(5-1)10-13-11-4-3-7-14-9-6-11/h11-13H,1-10H2. The van der Waals surface area contributed by atoms with Crippen LogP contribution in [-0.2, 0) is 9.47 Å². The van der Waals surface area contributed by atoms with Crippen LogP contribution in [0, 0.1) is 0 Å². The molecule has 0 aromatic carbocycles. The van der Waals surface area contributed by atoms with E-state index in [1.54, 1.807) is 0 Å². The van der Waals surface area contributed by atoms with Gasteiger partial charge >= 0.3 is 0 Å². The Labute approximate surface area is 92.5 Å². The van der Waals surface area contributed by atoms with Crippen LogP contribution in [0.25, 0.3) is 0 Å². The molecular formula is C12H23NO2. The minimum Gasteiger partial charge on any atom is -0.381 e. The summed E-state index contributed by atoms with van der Waals surface area (Å²) in [5.41, 5.74) is 0. The van der Waals surface area contributed by atoms with Gasteiger partial charge in [0, 0.05) is 32.4 Å². The van der Waals surface area contributed by atoms with Gasteiger partial charge in [0.15, 0.2) is 0 Å². The van der Waals surface area contributed by atoms with E-state index in [4.69, 9.17) is 9.47 Å². The van der Waals surface area contributed by atoms with Crippen molar-refractivity contribution in [2.75, 3.05) is 26.4 Å². The van der Waals surface area contributed by atoms with E-state index in [0.717, 1.165) is 32.8 Å². The number of ether oxygens (including phenoxy) is 2. The Morgan fingerprint density at radius 1 is 0.933 bits per heavy atom. The first-order chi connectivity index (χ1) is 7.45. The van der Waals surface area contributed by atoms with Crippen molar-refractivity contribution < 1.29 is 9.47 Å². The highest BCUT2D eigenvalue weighted by Crippen LogP contribution is 2.13. The molecule has 0 saturated carbocycles. The predicted molar refractivity (Wildman–Crippen MR) is 60.1 cm³/mol. The molecule has 0 spiro atoms. The van der Waals surface area contributed by atoms with Crippen molar-refractivity contribution in [3.63, 3.8) is 0 Å². The smallest absolute Gasteiger partial charge is 0.0699 e. The maximum absolute atomic E-state index is 5.71. The topological polar surface area (TPSA) is 30.5 Å². The van der Waals surface area contributed by atoms with Crippen LogP contribution in [0.3, 0.4) is 0 Å². The summed E-state index contributed by atoms with van der Waals surface area (Å²) in [5, 5.41) is 3.63. The van der Waals surface area contributed by atoms with Gasteiger partial charge in [-0.25, -0.2) is 0 Å². The molecule has 2 saturated heterocycles. The monoisotopic (exact) mass is 213 g/mol. The van der Waals surface area contributed by atoms with Gasteiger partial charge < -0.3 is 14.8 Å². The molecule has 15 heavy (non-hydrogen) atoms. The van der Waals surface area contributed by atoms with E-state index >= 15 is 0 Å². The Morgan fingerprint density at radius 2 is 1.93 bits per heavy atom. The van der Waals surface area contributed by atoms with Gasteiger partial charge in [-0.1, -0.05) is 0 Å². The number of hydrogen-bond donors (Lipinski definition) is 1. The Kier molecular flexibility index (Phi) is 4.90. The zero-order valence-corrected chi connectivity index (χ0v) is 9.54. The first kappa shape index (κ1) is 11.4. The molecule has 2 rings (SSSR count). The molecule has 2 aliphatic rings. The zero-order chi connectivity index (χ0) is 10.3.